The van der Waals surface area contributed by atoms with Crippen LogP contribution in [0.5, 0.6) is 0 Å². The molecular formula is C40H35N5O8S2. The minimum atomic E-state index is -1.19. The molecule has 1 aromatic heterocycles. The quantitative estimate of drug-likeness (QED) is 0.0585. The molecule has 2 atom stereocenters. The number of aliphatic hydroxyl groups excluding tert-OH is 1. The Morgan fingerprint density at radius 3 is 2.31 bits per heavy atom. The van der Waals surface area contributed by atoms with Crippen LogP contribution in [-0.2, 0) is 14.4 Å². The molecule has 15 heteroatoms. The molecule has 55 heavy (non-hydrogen) atoms. The predicted molar refractivity (Wildman–Crippen MR) is 212 cm³/mol. The van der Waals surface area contributed by atoms with Crippen molar-refractivity contribution in [1.82, 2.24) is 9.88 Å². The molecule has 1 saturated heterocycles. The number of carboxylic acid groups (broad SMARTS) is 1. The first-order valence-corrected chi connectivity index (χ1v) is 19.4. The van der Waals surface area contributed by atoms with Gasteiger partial charge in [-0.1, -0.05) is 0 Å². The first-order chi connectivity index (χ1) is 26.5. The van der Waals surface area contributed by atoms with Gasteiger partial charge in [-0.25, -0.2) is 9.78 Å². The van der Waals surface area contributed by atoms with Gasteiger partial charge in [0, 0.05) is 61.5 Å². The van der Waals surface area contributed by atoms with Gasteiger partial charge in [-0.2, -0.15) is 10.2 Å². The highest BCUT2D eigenvalue weighted by atomic mass is 32.2. The van der Waals surface area contributed by atoms with Crippen LogP contribution in [0.4, 0.5) is 17.1 Å². The van der Waals surface area contributed by atoms with Gasteiger partial charge in [0.2, 0.25) is 5.91 Å². The van der Waals surface area contributed by atoms with Crippen molar-refractivity contribution in [1.29, 1.82) is 0 Å². The largest absolute Gasteiger partial charge is 0.511 e. The van der Waals surface area contributed by atoms with Gasteiger partial charge in [0.05, 0.1) is 22.7 Å². The van der Waals surface area contributed by atoms with Crippen LogP contribution in [0.15, 0.2) is 119 Å². The third-order valence-corrected chi connectivity index (χ3v) is 11.8. The average molecular weight is 778 g/mol. The van der Waals surface area contributed by atoms with Crippen molar-refractivity contribution < 1.29 is 29.0 Å². The average Bonchev–Trinajstić information content (AvgIpc) is 3.17. The molecule has 0 spiro atoms. The first-order valence-electron chi connectivity index (χ1n) is 17.4. The van der Waals surface area contributed by atoms with Crippen LogP contribution in [0, 0.1) is 5.92 Å². The fourth-order valence-electron chi connectivity index (χ4n) is 6.49. The fraction of sp³-hybridized carbons (Fsp3) is 0.250. The Kier molecular flexibility index (Phi) is 10.8. The number of nitrogens with zero attached hydrogens (tertiary/aromatic N) is 5. The summed E-state index contributed by atoms with van der Waals surface area (Å²) in [7, 11) is 3.94. The van der Waals surface area contributed by atoms with E-state index in [1.807, 2.05) is 67.5 Å². The Hall–Kier alpha value is -5.80. The molecule has 280 valence electrons. The molecule has 2 aliphatic heterocycles. The number of carbonyl (C=O) groups excluding carboxylic acids is 2. The molecule has 2 unspecified atom stereocenters. The second kappa shape index (κ2) is 15.9. The van der Waals surface area contributed by atoms with E-state index in [1.165, 1.54) is 58.8 Å². The highest BCUT2D eigenvalue weighted by Crippen LogP contribution is 2.46. The number of hydrogen-bond acceptors (Lipinski definition) is 13. The van der Waals surface area contributed by atoms with Crippen molar-refractivity contribution in [2.45, 2.75) is 36.0 Å². The molecule has 7 rings (SSSR count). The summed E-state index contributed by atoms with van der Waals surface area (Å²) in [6.07, 6.45) is 0.170. The van der Waals surface area contributed by atoms with Crippen LogP contribution in [0.25, 0.3) is 28.0 Å². The second-order valence-electron chi connectivity index (χ2n) is 13.3. The maximum atomic E-state index is 13.3. The number of aliphatic carboxylic acids is 1. The summed E-state index contributed by atoms with van der Waals surface area (Å²) in [5, 5.41) is 29.1. The molecule has 0 bridgehead atoms. The van der Waals surface area contributed by atoms with E-state index in [4.69, 9.17) is 4.42 Å². The zero-order chi connectivity index (χ0) is 38.8. The number of amides is 1. The van der Waals surface area contributed by atoms with Crippen molar-refractivity contribution >= 4 is 86.2 Å². The molecule has 0 aliphatic carbocycles. The number of ketones is 1. The van der Waals surface area contributed by atoms with Gasteiger partial charge in [0.1, 0.15) is 33.5 Å². The van der Waals surface area contributed by atoms with Crippen LogP contribution in [0.3, 0.4) is 0 Å². The van der Waals surface area contributed by atoms with Crippen molar-refractivity contribution in [2.75, 3.05) is 30.5 Å². The van der Waals surface area contributed by atoms with E-state index in [-0.39, 0.29) is 64.7 Å². The van der Waals surface area contributed by atoms with Gasteiger partial charge in [-0.05, 0) is 84.8 Å². The highest BCUT2D eigenvalue weighted by Gasteiger charge is 2.53. The Balaban J connectivity index is 0.946. The van der Waals surface area contributed by atoms with E-state index in [1.54, 1.807) is 0 Å². The minimum Gasteiger partial charge on any atom is -0.511 e. The summed E-state index contributed by atoms with van der Waals surface area (Å²) >= 11 is 2.90. The molecule has 2 N–H and O–H groups in total. The lowest BCUT2D eigenvalue weighted by Crippen LogP contribution is -2.61. The lowest BCUT2D eigenvalue weighted by atomic mass is 9.89. The number of aliphatic hydroxyl groups is 1. The maximum Gasteiger partial charge on any atom is 0.352 e. The standard InChI is InChI=1S/C40H35N5O8S2/c1-44(2)25-10-6-23(7-11-25)42-43-24-8-13-28(14-9-24)54-20-22-21-55-39-29(38(50)45(39)36(22)40(51)52)18-26(46)4-3-5-32(48)35-33(49)17-16-31-37(35)53-34-19-27(47)12-15-30(34)41-31/h6-17,19,29,39,48H,3-5,18,20-21H2,1-2H3,(H,51,52). The lowest BCUT2D eigenvalue weighted by Gasteiger charge is -2.49. The predicted octanol–water partition coefficient (Wildman–Crippen LogP) is 6.36. The monoisotopic (exact) mass is 777 g/mol. The Labute approximate surface area is 322 Å². The Morgan fingerprint density at radius 2 is 1.62 bits per heavy atom. The molecule has 0 radical (unpaired) electrons. The van der Waals surface area contributed by atoms with E-state index < -0.39 is 28.6 Å². The van der Waals surface area contributed by atoms with Gasteiger partial charge in [0.25, 0.3) is 0 Å². The molecular weight excluding hydrogens is 743 g/mol. The molecule has 2 aliphatic rings. The highest BCUT2D eigenvalue weighted by molar-refractivity contribution is 8.01. The number of fused-ring (bicyclic) bond motifs is 3. The van der Waals surface area contributed by atoms with Gasteiger partial charge < -0.3 is 19.5 Å². The molecule has 13 nitrogen and oxygen atoms in total. The number of benzene rings is 4. The summed E-state index contributed by atoms with van der Waals surface area (Å²) < 4.78 is 5.82. The number of anilines is 1. The van der Waals surface area contributed by atoms with Gasteiger partial charge >= 0.3 is 5.97 Å². The number of carbonyl (C=O) groups is 3. The molecule has 5 aromatic rings. The lowest BCUT2D eigenvalue weighted by molar-refractivity contribution is -0.154. The van der Waals surface area contributed by atoms with Crippen LogP contribution < -0.4 is 21.0 Å². The van der Waals surface area contributed by atoms with Crippen LogP contribution in [0.1, 0.15) is 25.7 Å². The minimum absolute atomic E-state index is 0.0103. The van der Waals surface area contributed by atoms with Crippen LogP contribution >= 0.6 is 23.5 Å². The number of aromatic nitrogens is 1. The smallest absolute Gasteiger partial charge is 0.352 e. The normalized spacial score (nSPS) is 17.4. The SMILES string of the molecule is CN(C)c1ccc(N=Nc2ccc(SCC3=C(C(=O)O)N4C(=O)C(CC(=O)CCCC(O)=c5c(=O)ccc6nc7ccc(=O)cc7oc56)C4SC3)cc2)cc1. The Bertz CT molecular complexity index is 2570. The summed E-state index contributed by atoms with van der Waals surface area (Å²) in [6, 6.07) is 22.0. The van der Waals surface area contributed by atoms with Crippen molar-refractivity contribution in [3.8, 4) is 0 Å². The number of azo groups is 1. The molecule has 1 amide bonds. The summed E-state index contributed by atoms with van der Waals surface area (Å²) in [6.45, 7) is 0. The summed E-state index contributed by atoms with van der Waals surface area (Å²) in [5.74, 6) is -1.95. The number of thioether (sulfide) groups is 2. The fourth-order valence-corrected chi connectivity index (χ4v) is 8.94. The Morgan fingerprint density at radius 1 is 0.927 bits per heavy atom. The number of hydrogen-bond donors (Lipinski definition) is 2. The van der Waals surface area contributed by atoms with E-state index in [9.17, 15) is 34.2 Å². The van der Waals surface area contributed by atoms with Crippen molar-refractivity contribution in [2.24, 2.45) is 16.1 Å². The zero-order valence-corrected chi connectivity index (χ0v) is 31.4. The molecule has 4 aromatic carbocycles. The zero-order valence-electron chi connectivity index (χ0n) is 29.8. The second-order valence-corrected chi connectivity index (χ2v) is 15.5. The first kappa shape index (κ1) is 37.5. The maximum absolute atomic E-state index is 13.3. The van der Waals surface area contributed by atoms with E-state index in [2.05, 4.69) is 15.2 Å². The van der Waals surface area contributed by atoms with E-state index in [0.29, 0.717) is 33.8 Å². The van der Waals surface area contributed by atoms with E-state index >= 15 is 0 Å². The number of β-lactam (4-membered cyclic amide) rings is 1. The van der Waals surface area contributed by atoms with Gasteiger partial charge in [0.15, 0.2) is 22.0 Å². The number of rotatable bonds is 13. The molecule has 1 fully saturated rings. The van der Waals surface area contributed by atoms with Crippen molar-refractivity contribution in [3.05, 3.63) is 116 Å². The number of Topliss-reactive ketones (excluding diaryl/α,β-unsaturated/α-hetero) is 1. The topological polar surface area (TPSA) is 183 Å². The number of carboxylic acids is 1. The van der Waals surface area contributed by atoms with Gasteiger partial charge in [-0.15, -0.1) is 23.5 Å². The van der Waals surface area contributed by atoms with Gasteiger partial charge in [-0.3, -0.25) is 24.1 Å². The molecule has 0 saturated carbocycles. The molecule has 3 heterocycles. The van der Waals surface area contributed by atoms with Crippen LogP contribution in [-0.4, -0.2) is 68.7 Å². The van der Waals surface area contributed by atoms with E-state index in [0.717, 1.165) is 16.3 Å². The van der Waals surface area contributed by atoms with Crippen molar-refractivity contribution in [3.63, 3.8) is 0 Å². The summed E-state index contributed by atoms with van der Waals surface area (Å²) in [4.78, 5) is 71.9. The third kappa shape index (κ3) is 8.03. The third-order valence-electron chi connectivity index (χ3n) is 9.35. The summed E-state index contributed by atoms with van der Waals surface area (Å²) in [5.41, 5.74) is 3.25. The van der Waals surface area contributed by atoms with Crippen LogP contribution in [0.2, 0.25) is 0 Å².